The van der Waals surface area contributed by atoms with Crippen LogP contribution in [0.4, 0.5) is 4.39 Å². The van der Waals surface area contributed by atoms with Crippen molar-refractivity contribution < 1.29 is 18.7 Å². The summed E-state index contributed by atoms with van der Waals surface area (Å²) in [4.78, 5) is 16.1. The van der Waals surface area contributed by atoms with E-state index in [0.717, 1.165) is 19.4 Å². The largest absolute Gasteiger partial charge is 0.497 e. The zero-order chi connectivity index (χ0) is 17.7. The van der Waals surface area contributed by atoms with E-state index < -0.39 is 0 Å². The van der Waals surface area contributed by atoms with E-state index in [1.54, 1.807) is 45.3 Å². The van der Waals surface area contributed by atoms with Gasteiger partial charge in [0.25, 0.3) is 0 Å². The second kappa shape index (κ2) is 7.94. The van der Waals surface area contributed by atoms with Gasteiger partial charge in [-0.05, 0) is 37.6 Å². The number of carbonyl (C=O) groups excluding carboxylic acids is 1. The van der Waals surface area contributed by atoms with E-state index in [9.17, 15) is 9.18 Å². The number of amides is 1. The summed E-state index contributed by atoms with van der Waals surface area (Å²) in [7, 11) is 6.72. The van der Waals surface area contributed by atoms with Crippen LogP contribution in [0.2, 0.25) is 0 Å². The average molecular weight is 338 g/mol. The molecule has 1 heterocycles. The highest BCUT2D eigenvalue weighted by Crippen LogP contribution is 2.35. The molecule has 1 unspecified atom stereocenters. The molecule has 1 saturated heterocycles. The third kappa shape index (κ3) is 4.05. The molecule has 134 valence electrons. The number of likely N-dealkylation sites (tertiary alicyclic amines) is 1. The minimum atomic E-state index is -0.383. The molecule has 1 aliphatic rings. The van der Waals surface area contributed by atoms with Crippen LogP contribution < -0.4 is 4.74 Å². The van der Waals surface area contributed by atoms with Gasteiger partial charge >= 0.3 is 0 Å². The number of methoxy groups -OCH3 is 2. The fraction of sp³-hybridized carbons (Fsp3) is 0.611. The van der Waals surface area contributed by atoms with E-state index in [0.29, 0.717) is 30.9 Å². The molecule has 1 fully saturated rings. The topological polar surface area (TPSA) is 42.0 Å². The fourth-order valence-electron chi connectivity index (χ4n) is 3.37. The quantitative estimate of drug-likeness (QED) is 0.765. The predicted molar refractivity (Wildman–Crippen MR) is 90.5 cm³/mol. The Bertz CT molecular complexity index is 579. The first-order valence-electron chi connectivity index (χ1n) is 8.18. The minimum absolute atomic E-state index is 0.0602. The highest BCUT2D eigenvalue weighted by molar-refractivity contribution is 5.77. The summed E-state index contributed by atoms with van der Waals surface area (Å²) in [6, 6.07) is 4.76. The summed E-state index contributed by atoms with van der Waals surface area (Å²) in [6.07, 6.45) is 2.21. The lowest BCUT2D eigenvalue weighted by atomic mass is 9.91. The number of rotatable bonds is 7. The van der Waals surface area contributed by atoms with Gasteiger partial charge in [-0.25, -0.2) is 4.39 Å². The van der Waals surface area contributed by atoms with Crippen LogP contribution in [0.5, 0.6) is 5.75 Å². The van der Waals surface area contributed by atoms with Gasteiger partial charge in [-0.15, -0.1) is 0 Å². The smallest absolute Gasteiger partial charge is 0.224 e. The number of carbonyl (C=O) groups is 1. The summed E-state index contributed by atoms with van der Waals surface area (Å²) in [5.41, 5.74) is 0.194. The number of benzene rings is 1. The standard InChI is InChI=1S/C18H27FN2O3/c1-20(2)17(22)11-18(13-23-3)8-5-9-21(18)12-14-10-15(24-4)6-7-16(14)19/h6-7,10H,5,8-9,11-13H2,1-4H3. The van der Waals surface area contributed by atoms with Crippen molar-refractivity contribution in [3.8, 4) is 5.75 Å². The average Bonchev–Trinajstić information content (AvgIpc) is 2.92. The maximum absolute atomic E-state index is 14.2. The monoisotopic (exact) mass is 338 g/mol. The predicted octanol–water partition coefficient (Wildman–Crippen LogP) is 2.29. The molecule has 0 aliphatic carbocycles. The van der Waals surface area contributed by atoms with Crippen molar-refractivity contribution in [1.29, 1.82) is 0 Å². The van der Waals surface area contributed by atoms with Crippen LogP contribution in [-0.4, -0.2) is 62.7 Å². The SMILES string of the molecule is COCC1(CC(=O)N(C)C)CCCN1Cc1cc(OC)ccc1F. The molecule has 2 rings (SSSR count). The second-order valence-electron chi connectivity index (χ2n) is 6.60. The molecule has 1 amide bonds. The van der Waals surface area contributed by atoms with Crippen molar-refractivity contribution in [2.24, 2.45) is 0 Å². The number of hydrogen-bond acceptors (Lipinski definition) is 4. The summed E-state index contributed by atoms with van der Waals surface area (Å²) < 4.78 is 24.8. The Kier molecular flexibility index (Phi) is 6.18. The van der Waals surface area contributed by atoms with Gasteiger partial charge in [0.15, 0.2) is 0 Å². The third-order valence-electron chi connectivity index (χ3n) is 4.75. The van der Waals surface area contributed by atoms with Crippen molar-refractivity contribution in [1.82, 2.24) is 9.80 Å². The molecule has 0 N–H and O–H groups in total. The lowest BCUT2D eigenvalue weighted by Crippen LogP contribution is -2.50. The van der Waals surface area contributed by atoms with Crippen molar-refractivity contribution in [3.63, 3.8) is 0 Å². The van der Waals surface area contributed by atoms with Gasteiger partial charge in [-0.2, -0.15) is 0 Å². The number of nitrogens with zero attached hydrogens (tertiary/aromatic N) is 2. The van der Waals surface area contributed by atoms with Crippen molar-refractivity contribution in [2.75, 3.05) is 41.5 Å². The molecule has 0 bridgehead atoms. The Morgan fingerprint density at radius 3 is 2.75 bits per heavy atom. The van der Waals surface area contributed by atoms with Crippen molar-refractivity contribution >= 4 is 5.91 Å². The Hall–Kier alpha value is -1.66. The van der Waals surface area contributed by atoms with Gasteiger partial charge in [0.05, 0.1) is 19.3 Å². The molecule has 1 aromatic rings. The van der Waals surface area contributed by atoms with Crippen LogP contribution in [-0.2, 0) is 16.1 Å². The van der Waals surface area contributed by atoms with Gasteiger partial charge in [-0.3, -0.25) is 9.69 Å². The van der Waals surface area contributed by atoms with Crippen LogP contribution in [0, 0.1) is 5.82 Å². The first-order valence-corrected chi connectivity index (χ1v) is 8.18. The van der Waals surface area contributed by atoms with Crippen LogP contribution >= 0.6 is 0 Å². The maximum Gasteiger partial charge on any atom is 0.224 e. The first kappa shape index (κ1) is 18.7. The van der Waals surface area contributed by atoms with Crippen molar-refractivity contribution in [3.05, 3.63) is 29.6 Å². The third-order valence-corrected chi connectivity index (χ3v) is 4.75. The number of ether oxygens (including phenoxy) is 2. The molecule has 6 heteroatoms. The maximum atomic E-state index is 14.2. The second-order valence-corrected chi connectivity index (χ2v) is 6.60. The lowest BCUT2D eigenvalue weighted by molar-refractivity contribution is -0.132. The molecule has 5 nitrogen and oxygen atoms in total. The molecule has 0 aromatic heterocycles. The van der Waals surface area contributed by atoms with E-state index in [1.807, 2.05) is 0 Å². The van der Waals surface area contributed by atoms with Crippen LogP contribution in [0.3, 0.4) is 0 Å². The van der Waals surface area contributed by atoms with Gasteiger partial charge in [0.2, 0.25) is 5.91 Å². The fourth-order valence-corrected chi connectivity index (χ4v) is 3.37. The molecule has 1 atom stereocenters. The zero-order valence-corrected chi connectivity index (χ0v) is 15.0. The Balaban J connectivity index is 2.24. The molecule has 24 heavy (non-hydrogen) atoms. The van der Waals surface area contributed by atoms with Gasteiger partial charge < -0.3 is 14.4 Å². The van der Waals surface area contributed by atoms with Gasteiger partial charge in [-0.1, -0.05) is 0 Å². The molecule has 0 saturated carbocycles. The molecular weight excluding hydrogens is 311 g/mol. The lowest BCUT2D eigenvalue weighted by Gasteiger charge is -2.38. The highest BCUT2D eigenvalue weighted by Gasteiger charge is 2.43. The zero-order valence-electron chi connectivity index (χ0n) is 15.0. The normalized spacial score (nSPS) is 21.0. The first-order chi connectivity index (χ1) is 11.4. The molecule has 0 radical (unpaired) electrons. The van der Waals surface area contributed by atoms with Crippen LogP contribution in [0.1, 0.15) is 24.8 Å². The minimum Gasteiger partial charge on any atom is -0.497 e. The Morgan fingerprint density at radius 2 is 2.12 bits per heavy atom. The van der Waals surface area contributed by atoms with E-state index in [1.165, 1.54) is 6.07 Å². The van der Waals surface area contributed by atoms with Crippen LogP contribution in [0.15, 0.2) is 18.2 Å². The highest BCUT2D eigenvalue weighted by atomic mass is 19.1. The summed E-state index contributed by atoms with van der Waals surface area (Å²) in [6.45, 7) is 1.71. The molecule has 1 aromatic carbocycles. The molecule has 1 aliphatic heterocycles. The molecule has 0 spiro atoms. The Morgan fingerprint density at radius 1 is 1.38 bits per heavy atom. The summed E-state index contributed by atoms with van der Waals surface area (Å²) >= 11 is 0. The number of hydrogen-bond donors (Lipinski definition) is 0. The van der Waals surface area contributed by atoms with Crippen molar-refractivity contribution in [2.45, 2.75) is 31.3 Å². The summed E-state index contributed by atoms with van der Waals surface area (Å²) in [5.74, 6) is 0.435. The van der Waals surface area contributed by atoms with E-state index in [4.69, 9.17) is 9.47 Å². The summed E-state index contributed by atoms with van der Waals surface area (Å²) in [5, 5.41) is 0. The van der Waals surface area contributed by atoms with Gasteiger partial charge in [0.1, 0.15) is 11.6 Å². The molecular formula is C18H27FN2O3. The van der Waals surface area contributed by atoms with Crippen LogP contribution in [0.25, 0.3) is 0 Å². The van der Waals surface area contributed by atoms with Gasteiger partial charge in [0, 0.05) is 39.7 Å². The van der Waals surface area contributed by atoms with E-state index in [-0.39, 0.29) is 17.3 Å². The Labute approximate surface area is 143 Å². The number of halogens is 1. The van der Waals surface area contributed by atoms with E-state index in [2.05, 4.69) is 4.90 Å². The van der Waals surface area contributed by atoms with E-state index >= 15 is 0 Å².